The minimum absolute atomic E-state index is 0.148. The zero-order valence-corrected chi connectivity index (χ0v) is 9.15. The summed E-state index contributed by atoms with van der Waals surface area (Å²) in [4.78, 5) is 13.0. The van der Waals surface area contributed by atoms with Crippen LogP contribution in [-0.4, -0.2) is 24.3 Å². The summed E-state index contributed by atoms with van der Waals surface area (Å²) in [6.45, 7) is 4.94. The van der Waals surface area contributed by atoms with E-state index in [1.165, 1.54) is 11.1 Å². The molecular weight excluding hydrogens is 186 g/mol. The number of rotatable bonds is 3. The summed E-state index contributed by atoms with van der Waals surface area (Å²) in [7, 11) is 0. The predicted molar refractivity (Wildman–Crippen MR) is 60.7 cm³/mol. The van der Waals surface area contributed by atoms with Gasteiger partial charge in [-0.25, -0.2) is 0 Å². The molecule has 0 fully saturated rings. The fourth-order valence-corrected chi connectivity index (χ4v) is 2.16. The van der Waals surface area contributed by atoms with Gasteiger partial charge in [-0.05, 0) is 17.5 Å². The SMILES string of the molecule is CC(C=O)CN1CCc2ccccc2C1. The van der Waals surface area contributed by atoms with Crippen LogP contribution < -0.4 is 0 Å². The first-order valence-electron chi connectivity index (χ1n) is 5.54. The maximum atomic E-state index is 10.6. The van der Waals surface area contributed by atoms with E-state index in [0.29, 0.717) is 0 Å². The van der Waals surface area contributed by atoms with E-state index < -0.39 is 0 Å². The van der Waals surface area contributed by atoms with Gasteiger partial charge in [-0.15, -0.1) is 0 Å². The van der Waals surface area contributed by atoms with Gasteiger partial charge in [0, 0.05) is 25.6 Å². The third-order valence-corrected chi connectivity index (χ3v) is 2.99. The summed E-state index contributed by atoms with van der Waals surface area (Å²) in [5.41, 5.74) is 2.88. The second-order valence-electron chi connectivity index (χ2n) is 4.37. The van der Waals surface area contributed by atoms with Crippen molar-refractivity contribution in [2.24, 2.45) is 5.92 Å². The van der Waals surface area contributed by atoms with Crippen molar-refractivity contribution in [3.8, 4) is 0 Å². The van der Waals surface area contributed by atoms with E-state index >= 15 is 0 Å². The molecular formula is C13H17NO. The van der Waals surface area contributed by atoms with Crippen LogP contribution in [0.4, 0.5) is 0 Å². The molecule has 80 valence electrons. The number of carbonyl (C=O) groups excluding carboxylic acids is 1. The third kappa shape index (κ3) is 2.45. The molecule has 1 heterocycles. The first kappa shape index (κ1) is 10.4. The van der Waals surface area contributed by atoms with E-state index in [1.54, 1.807) is 0 Å². The van der Waals surface area contributed by atoms with E-state index in [-0.39, 0.29) is 5.92 Å². The largest absolute Gasteiger partial charge is 0.303 e. The number of hydrogen-bond acceptors (Lipinski definition) is 2. The molecule has 1 unspecified atom stereocenters. The molecule has 2 rings (SSSR count). The van der Waals surface area contributed by atoms with Crippen LogP contribution in [0.2, 0.25) is 0 Å². The molecule has 0 radical (unpaired) electrons. The summed E-state index contributed by atoms with van der Waals surface area (Å²) in [6.07, 6.45) is 2.16. The maximum absolute atomic E-state index is 10.6. The van der Waals surface area contributed by atoms with E-state index in [0.717, 1.165) is 32.3 Å². The summed E-state index contributed by atoms with van der Waals surface area (Å²) in [6, 6.07) is 8.58. The number of aldehydes is 1. The minimum atomic E-state index is 0.148. The van der Waals surface area contributed by atoms with Gasteiger partial charge in [0.25, 0.3) is 0 Å². The molecule has 0 bridgehead atoms. The first-order valence-corrected chi connectivity index (χ1v) is 5.54. The number of hydrogen-bond donors (Lipinski definition) is 0. The van der Waals surface area contributed by atoms with E-state index in [4.69, 9.17) is 0 Å². The van der Waals surface area contributed by atoms with Crippen LogP contribution in [0.5, 0.6) is 0 Å². The monoisotopic (exact) mass is 203 g/mol. The summed E-state index contributed by atoms with van der Waals surface area (Å²) >= 11 is 0. The molecule has 0 aromatic heterocycles. The van der Waals surface area contributed by atoms with Crippen molar-refractivity contribution in [2.75, 3.05) is 13.1 Å². The highest BCUT2D eigenvalue weighted by molar-refractivity contribution is 5.53. The number of carbonyl (C=O) groups is 1. The van der Waals surface area contributed by atoms with Gasteiger partial charge >= 0.3 is 0 Å². The van der Waals surface area contributed by atoms with Crippen molar-refractivity contribution in [3.63, 3.8) is 0 Å². The van der Waals surface area contributed by atoms with Crippen molar-refractivity contribution < 1.29 is 4.79 Å². The molecule has 1 aromatic carbocycles. The lowest BCUT2D eigenvalue weighted by Gasteiger charge is -2.29. The van der Waals surface area contributed by atoms with Crippen LogP contribution in [-0.2, 0) is 17.8 Å². The normalized spacial score (nSPS) is 18.2. The van der Waals surface area contributed by atoms with Gasteiger partial charge in [-0.1, -0.05) is 31.2 Å². The Labute approximate surface area is 90.9 Å². The van der Waals surface area contributed by atoms with Crippen molar-refractivity contribution in [1.29, 1.82) is 0 Å². The van der Waals surface area contributed by atoms with Gasteiger partial charge in [-0.3, -0.25) is 4.90 Å². The Hall–Kier alpha value is -1.15. The van der Waals surface area contributed by atoms with E-state index in [9.17, 15) is 4.79 Å². The van der Waals surface area contributed by atoms with Gasteiger partial charge in [0.15, 0.2) is 0 Å². The van der Waals surface area contributed by atoms with Crippen molar-refractivity contribution in [3.05, 3.63) is 35.4 Å². The molecule has 0 N–H and O–H groups in total. The van der Waals surface area contributed by atoms with Crippen LogP contribution in [0.1, 0.15) is 18.1 Å². The smallest absolute Gasteiger partial charge is 0.124 e. The Morgan fingerprint density at radius 1 is 1.40 bits per heavy atom. The molecule has 2 nitrogen and oxygen atoms in total. The minimum Gasteiger partial charge on any atom is -0.303 e. The fraction of sp³-hybridized carbons (Fsp3) is 0.462. The van der Waals surface area contributed by atoms with Crippen molar-refractivity contribution >= 4 is 6.29 Å². The molecule has 1 aliphatic rings. The lowest BCUT2D eigenvalue weighted by molar-refractivity contribution is -0.111. The molecule has 0 saturated heterocycles. The van der Waals surface area contributed by atoms with Gasteiger partial charge in [0.05, 0.1) is 0 Å². The zero-order valence-electron chi connectivity index (χ0n) is 9.15. The highest BCUT2D eigenvalue weighted by Crippen LogP contribution is 2.18. The molecule has 0 spiro atoms. The van der Waals surface area contributed by atoms with Crippen LogP contribution >= 0.6 is 0 Å². The Morgan fingerprint density at radius 3 is 2.87 bits per heavy atom. The second kappa shape index (κ2) is 4.58. The van der Waals surface area contributed by atoms with Crippen LogP contribution in [0.25, 0.3) is 0 Å². The Morgan fingerprint density at radius 2 is 2.13 bits per heavy atom. The summed E-state index contributed by atoms with van der Waals surface area (Å²) in [5.74, 6) is 0.148. The highest BCUT2D eigenvalue weighted by atomic mass is 16.1. The second-order valence-corrected chi connectivity index (χ2v) is 4.37. The molecule has 1 aliphatic heterocycles. The number of fused-ring (bicyclic) bond motifs is 1. The average Bonchev–Trinajstić information content (AvgIpc) is 2.29. The van der Waals surface area contributed by atoms with E-state index in [1.807, 2.05) is 6.92 Å². The number of benzene rings is 1. The lowest BCUT2D eigenvalue weighted by atomic mass is 9.99. The van der Waals surface area contributed by atoms with Gasteiger partial charge in [0.1, 0.15) is 6.29 Å². The fourth-order valence-electron chi connectivity index (χ4n) is 2.16. The lowest BCUT2D eigenvalue weighted by Crippen LogP contribution is -2.34. The molecule has 0 saturated carbocycles. The highest BCUT2D eigenvalue weighted by Gasteiger charge is 2.16. The predicted octanol–water partition coefficient (Wildman–Crippen LogP) is 1.88. The molecule has 0 amide bonds. The summed E-state index contributed by atoms with van der Waals surface area (Å²) in [5, 5.41) is 0. The van der Waals surface area contributed by atoms with Gasteiger partial charge < -0.3 is 4.79 Å². The molecule has 1 atom stereocenters. The zero-order chi connectivity index (χ0) is 10.7. The average molecular weight is 203 g/mol. The standard InChI is InChI=1S/C13H17NO/c1-11(10-15)8-14-7-6-12-4-2-3-5-13(12)9-14/h2-5,10-11H,6-9H2,1H3. The van der Waals surface area contributed by atoms with Crippen molar-refractivity contribution in [2.45, 2.75) is 19.9 Å². The van der Waals surface area contributed by atoms with Gasteiger partial charge in [0.2, 0.25) is 0 Å². The quantitative estimate of drug-likeness (QED) is 0.699. The van der Waals surface area contributed by atoms with Gasteiger partial charge in [-0.2, -0.15) is 0 Å². The Kier molecular flexibility index (Phi) is 3.17. The maximum Gasteiger partial charge on any atom is 0.124 e. The number of nitrogens with zero attached hydrogens (tertiary/aromatic N) is 1. The Bertz CT molecular complexity index is 348. The topological polar surface area (TPSA) is 20.3 Å². The molecule has 2 heteroatoms. The van der Waals surface area contributed by atoms with Crippen molar-refractivity contribution in [1.82, 2.24) is 4.90 Å². The van der Waals surface area contributed by atoms with Crippen LogP contribution in [0.15, 0.2) is 24.3 Å². The Balaban J connectivity index is 2.02. The third-order valence-electron chi connectivity index (χ3n) is 2.99. The summed E-state index contributed by atoms with van der Waals surface area (Å²) < 4.78 is 0. The van der Waals surface area contributed by atoms with E-state index in [2.05, 4.69) is 29.2 Å². The first-order chi connectivity index (χ1) is 7.29. The molecule has 1 aromatic rings. The molecule has 15 heavy (non-hydrogen) atoms. The van der Waals surface area contributed by atoms with Crippen LogP contribution in [0.3, 0.4) is 0 Å². The molecule has 0 aliphatic carbocycles. The van der Waals surface area contributed by atoms with Crippen LogP contribution in [0, 0.1) is 5.92 Å².